The number of halogens is 1. The lowest BCUT2D eigenvalue weighted by atomic mass is 10.2. The first kappa shape index (κ1) is 14.6. The fraction of sp³-hybridized carbons (Fsp3) is 0.143. The summed E-state index contributed by atoms with van der Waals surface area (Å²) >= 11 is 7.11. The lowest BCUT2D eigenvalue weighted by Gasteiger charge is -2.01. The van der Waals surface area contributed by atoms with Gasteiger partial charge in [0.25, 0.3) is 0 Å². The van der Waals surface area contributed by atoms with Gasteiger partial charge in [0.15, 0.2) is 0 Å². The highest BCUT2D eigenvalue weighted by Gasteiger charge is 2.22. The minimum absolute atomic E-state index is 0.208. The van der Waals surface area contributed by atoms with Crippen LogP contribution in [0.25, 0.3) is 10.2 Å². The normalized spacial score (nSPS) is 12.1. The number of H-pyrrole nitrogens is 1. The first-order valence-electron chi connectivity index (χ1n) is 6.33. The number of nitrogens with two attached hydrogens (primary N) is 1. The molecule has 0 aliphatic carbocycles. The van der Waals surface area contributed by atoms with Crippen LogP contribution in [0.3, 0.4) is 0 Å². The Morgan fingerprint density at radius 3 is 2.81 bits per heavy atom. The van der Waals surface area contributed by atoms with E-state index in [9.17, 15) is 8.42 Å². The van der Waals surface area contributed by atoms with Crippen LogP contribution in [-0.2, 0) is 16.3 Å². The number of benzene rings is 1. The van der Waals surface area contributed by atoms with Gasteiger partial charge in [0.1, 0.15) is 9.04 Å². The molecule has 0 aliphatic rings. The van der Waals surface area contributed by atoms with Gasteiger partial charge in [-0.3, -0.25) is 0 Å². The van der Waals surface area contributed by atoms with E-state index in [0.29, 0.717) is 22.2 Å². The molecule has 2 heterocycles. The van der Waals surface area contributed by atoms with Crippen LogP contribution in [0.1, 0.15) is 5.56 Å². The van der Waals surface area contributed by atoms with Gasteiger partial charge >= 0.3 is 0 Å². The third-order valence-electron chi connectivity index (χ3n) is 3.22. The Kier molecular flexibility index (Phi) is 3.79. The zero-order valence-corrected chi connectivity index (χ0v) is 13.4. The number of aromatic nitrogens is 1. The quantitative estimate of drug-likeness (QED) is 0.765. The number of nitrogens with one attached hydrogen (secondary N) is 1. The number of rotatable bonds is 4. The lowest BCUT2D eigenvalue weighted by molar-refractivity contribution is 0.598. The van der Waals surface area contributed by atoms with Crippen LogP contribution in [-0.4, -0.2) is 19.9 Å². The predicted octanol–water partition coefficient (Wildman–Crippen LogP) is 3.22. The number of hydrogen-bond donors (Lipinski definition) is 2. The fourth-order valence-corrected chi connectivity index (χ4v) is 5.26. The largest absolute Gasteiger partial charge is 0.353 e. The van der Waals surface area contributed by atoms with E-state index in [4.69, 9.17) is 17.3 Å². The molecule has 3 aromatic rings. The molecular weight excluding hydrogens is 328 g/mol. The summed E-state index contributed by atoms with van der Waals surface area (Å²) in [6.45, 7) is 0.527. The van der Waals surface area contributed by atoms with E-state index in [0.717, 1.165) is 15.8 Å². The third kappa shape index (κ3) is 2.60. The summed E-state index contributed by atoms with van der Waals surface area (Å²) in [6, 6.07) is 8.01. The Morgan fingerprint density at radius 2 is 2.10 bits per heavy atom. The van der Waals surface area contributed by atoms with Gasteiger partial charge in [0.2, 0.25) is 9.84 Å². The molecule has 0 fully saturated rings. The summed E-state index contributed by atoms with van der Waals surface area (Å²) in [7, 11) is -3.54. The summed E-state index contributed by atoms with van der Waals surface area (Å²) in [5.74, 6) is 0. The van der Waals surface area contributed by atoms with Crippen molar-refractivity contribution in [3.8, 4) is 0 Å². The topological polar surface area (TPSA) is 76.0 Å². The molecule has 0 saturated heterocycles. The molecule has 3 N–H and O–H groups in total. The van der Waals surface area contributed by atoms with E-state index in [1.54, 1.807) is 24.3 Å². The summed E-state index contributed by atoms with van der Waals surface area (Å²) in [4.78, 5) is 4.15. The van der Waals surface area contributed by atoms with Gasteiger partial charge in [-0.1, -0.05) is 17.7 Å². The number of thiophene rings is 1. The van der Waals surface area contributed by atoms with Crippen LogP contribution in [0.15, 0.2) is 45.6 Å². The predicted molar refractivity (Wildman–Crippen MR) is 85.8 cm³/mol. The molecule has 0 atom stereocenters. The Bertz CT molecular complexity index is 897. The molecule has 7 heteroatoms. The van der Waals surface area contributed by atoms with E-state index in [-0.39, 0.29) is 4.90 Å². The minimum atomic E-state index is -3.54. The van der Waals surface area contributed by atoms with Crippen LogP contribution in [0, 0.1) is 0 Å². The third-order valence-corrected chi connectivity index (χ3v) is 6.74. The molecule has 1 aromatic carbocycles. The number of sulfone groups is 1. The Morgan fingerprint density at radius 1 is 1.29 bits per heavy atom. The molecule has 4 nitrogen and oxygen atoms in total. The van der Waals surface area contributed by atoms with Gasteiger partial charge in [0.05, 0.1) is 4.90 Å². The van der Waals surface area contributed by atoms with Gasteiger partial charge in [0, 0.05) is 16.6 Å². The summed E-state index contributed by atoms with van der Waals surface area (Å²) in [5.41, 5.74) is 6.61. The minimum Gasteiger partial charge on any atom is -0.353 e. The van der Waals surface area contributed by atoms with Gasteiger partial charge in [-0.2, -0.15) is 0 Å². The number of aromatic amines is 1. The first-order valence-corrected chi connectivity index (χ1v) is 9.00. The molecule has 0 amide bonds. The standard InChI is InChI=1S/C14H13ClN2O2S2/c15-10-2-1-3-11(6-10)21(18,19)13-7-12-9(4-5-16)8-17-14(12)20-13/h1-3,6-8,17H,4-5,16H2. The van der Waals surface area contributed by atoms with Crippen molar-refractivity contribution in [2.45, 2.75) is 15.5 Å². The zero-order chi connectivity index (χ0) is 15.0. The van der Waals surface area contributed by atoms with Crippen molar-refractivity contribution in [1.29, 1.82) is 0 Å². The molecule has 0 unspecified atom stereocenters. The molecule has 2 aromatic heterocycles. The molecule has 3 rings (SSSR count). The number of hydrogen-bond acceptors (Lipinski definition) is 4. The maximum absolute atomic E-state index is 12.6. The monoisotopic (exact) mass is 340 g/mol. The average molecular weight is 341 g/mol. The molecule has 21 heavy (non-hydrogen) atoms. The Labute approximate surface area is 131 Å². The first-order chi connectivity index (χ1) is 10.0. The van der Waals surface area contributed by atoms with Crippen LogP contribution in [0.2, 0.25) is 5.02 Å². The highest BCUT2D eigenvalue weighted by atomic mass is 35.5. The van der Waals surface area contributed by atoms with Crippen LogP contribution in [0.4, 0.5) is 0 Å². The zero-order valence-electron chi connectivity index (χ0n) is 11.0. The second kappa shape index (κ2) is 5.46. The van der Waals surface area contributed by atoms with Crippen LogP contribution in [0.5, 0.6) is 0 Å². The highest BCUT2D eigenvalue weighted by molar-refractivity contribution is 7.93. The molecule has 110 valence electrons. The van der Waals surface area contributed by atoms with E-state index in [1.165, 1.54) is 17.4 Å². The van der Waals surface area contributed by atoms with Crippen molar-refractivity contribution in [3.05, 3.63) is 47.1 Å². The van der Waals surface area contributed by atoms with Crippen molar-refractivity contribution in [2.75, 3.05) is 6.54 Å². The van der Waals surface area contributed by atoms with Gasteiger partial charge < -0.3 is 10.7 Å². The van der Waals surface area contributed by atoms with Gasteiger partial charge in [-0.15, -0.1) is 11.3 Å². The molecule has 0 bridgehead atoms. The molecule has 0 saturated carbocycles. The number of fused-ring (bicyclic) bond motifs is 1. The highest BCUT2D eigenvalue weighted by Crippen LogP contribution is 2.34. The second-order valence-electron chi connectivity index (χ2n) is 4.62. The molecule has 0 radical (unpaired) electrons. The van der Waals surface area contributed by atoms with Crippen LogP contribution < -0.4 is 5.73 Å². The smallest absolute Gasteiger partial charge is 0.216 e. The van der Waals surface area contributed by atoms with Crippen molar-refractivity contribution in [1.82, 2.24) is 4.98 Å². The summed E-state index contributed by atoms with van der Waals surface area (Å²) < 4.78 is 25.6. The van der Waals surface area contributed by atoms with Crippen LogP contribution >= 0.6 is 22.9 Å². The SMILES string of the molecule is NCCc1c[nH]c2sc(S(=O)(=O)c3cccc(Cl)c3)cc12. The second-order valence-corrected chi connectivity index (χ2v) is 8.29. The fourth-order valence-electron chi connectivity index (χ4n) is 2.19. The molecular formula is C14H13ClN2O2S2. The maximum atomic E-state index is 12.6. The maximum Gasteiger partial charge on any atom is 0.216 e. The molecule has 0 spiro atoms. The Balaban J connectivity index is 2.11. The van der Waals surface area contributed by atoms with E-state index >= 15 is 0 Å². The van der Waals surface area contributed by atoms with Gasteiger partial charge in [-0.25, -0.2) is 8.42 Å². The van der Waals surface area contributed by atoms with E-state index in [2.05, 4.69) is 4.98 Å². The van der Waals surface area contributed by atoms with Crippen molar-refractivity contribution < 1.29 is 8.42 Å². The summed E-state index contributed by atoms with van der Waals surface area (Å²) in [6.07, 6.45) is 2.59. The van der Waals surface area contributed by atoms with Crippen molar-refractivity contribution in [2.24, 2.45) is 5.73 Å². The van der Waals surface area contributed by atoms with Crippen molar-refractivity contribution >= 4 is 43.0 Å². The van der Waals surface area contributed by atoms with Crippen molar-refractivity contribution in [3.63, 3.8) is 0 Å². The van der Waals surface area contributed by atoms with Gasteiger partial charge in [-0.05, 0) is 42.8 Å². The lowest BCUT2D eigenvalue weighted by Crippen LogP contribution is -2.02. The summed E-state index contributed by atoms with van der Waals surface area (Å²) in [5, 5.41) is 1.33. The molecule has 0 aliphatic heterocycles. The average Bonchev–Trinajstić information content (AvgIpc) is 3.01. The Hall–Kier alpha value is -1.34. The van der Waals surface area contributed by atoms with E-state index in [1.807, 2.05) is 6.20 Å². The van der Waals surface area contributed by atoms with E-state index < -0.39 is 9.84 Å².